The molecular formula is C13H15ClN4O. The zero-order chi connectivity index (χ0) is 14.0. The maximum Gasteiger partial charge on any atom is 0.165 e. The normalized spacial score (nSPS) is 10.7. The molecule has 0 aliphatic heterocycles. The molecule has 0 saturated heterocycles. The molecule has 1 heterocycles. The molecule has 5 nitrogen and oxygen atoms in total. The van der Waals surface area contributed by atoms with Crippen molar-refractivity contribution in [3.8, 4) is 11.5 Å². The molecule has 0 saturated carbocycles. The maximum atomic E-state index is 7.34. The van der Waals surface area contributed by atoms with Gasteiger partial charge in [0.1, 0.15) is 11.6 Å². The average Bonchev–Trinajstić information content (AvgIpc) is 2.80. The van der Waals surface area contributed by atoms with Gasteiger partial charge >= 0.3 is 0 Å². The van der Waals surface area contributed by atoms with Gasteiger partial charge < -0.3 is 10.5 Å². The molecule has 0 aliphatic rings. The second kappa shape index (κ2) is 5.32. The first-order chi connectivity index (χ1) is 8.97. The summed E-state index contributed by atoms with van der Waals surface area (Å²) < 4.78 is 7.45. The van der Waals surface area contributed by atoms with Crippen molar-refractivity contribution in [3.63, 3.8) is 0 Å². The fourth-order valence-corrected chi connectivity index (χ4v) is 1.75. The van der Waals surface area contributed by atoms with Gasteiger partial charge in [0.2, 0.25) is 0 Å². The summed E-state index contributed by atoms with van der Waals surface area (Å²) in [5.74, 6) is 1.10. The minimum atomic E-state index is -0.0268. The summed E-state index contributed by atoms with van der Waals surface area (Å²) in [5.41, 5.74) is 5.96. The molecule has 0 unspecified atom stereocenters. The average molecular weight is 279 g/mol. The van der Waals surface area contributed by atoms with Gasteiger partial charge in [-0.05, 0) is 32.0 Å². The first-order valence-corrected chi connectivity index (χ1v) is 6.21. The lowest BCUT2D eigenvalue weighted by Crippen LogP contribution is -2.10. The molecule has 0 fully saturated rings. The summed E-state index contributed by atoms with van der Waals surface area (Å²) in [6.45, 7) is 4.07. The van der Waals surface area contributed by atoms with Crippen molar-refractivity contribution in [2.45, 2.75) is 19.9 Å². The van der Waals surface area contributed by atoms with E-state index in [1.165, 1.54) is 0 Å². The lowest BCUT2D eigenvalue weighted by atomic mass is 10.2. The quantitative estimate of drug-likeness (QED) is 0.666. The maximum absolute atomic E-state index is 7.34. The number of benzene rings is 1. The Morgan fingerprint density at radius 3 is 2.74 bits per heavy atom. The highest BCUT2D eigenvalue weighted by Gasteiger charge is 2.08. The number of ether oxygens (including phenoxy) is 1. The third-order valence-corrected chi connectivity index (χ3v) is 2.87. The fourth-order valence-electron chi connectivity index (χ4n) is 1.53. The Bertz CT molecular complexity index is 606. The SMILES string of the molecule is CC(C)n1cc(Oc2ccc(C(=N)N)cc2Cl)cn1. The third kappa shape index (κ3) is 3.06. The highest BCUT2D eigenvalue weighted by Crippen LogP contribution is 2.30. The number of nitrogens with one attached hydrogen (secondary N) is 1. The minimum absolute atomic E-state index is 0.0268. The number of rotatable bonds is 4. The molecule has 0 spiro atoms. The van der Waals surface area contributed by atoms with Gasteiger partial charge in [-0.1, -0.05) is 11.6 Å². The molecule has 6 heteroatoms. The van der Waals surface area contributed by atoms with Crippen LogP contribution in [-0.2, 0) is 0 Å². The van der Waals surface area contributed by atoms with E-state index in [0.29, 0.717) is 22.1 Å². The van der Waals surface area contributed by atoms with Crippen LogP contribution in [0.25, 0.3) is 0 Å². The molecule has 0 bridgehead atoms. The Hall–Kier alpha value is -2.01. The Morgan fingerprint density at radius 2 is 2.21 bits per heavy atom. The first-order valence-electron chi connectivity index (χ1n) is 5.83. The van der Waals surface area contributed by atoms with Gasteiger partial charge in [0.25, 0.3) is 0 Å². The van der Waals surface area contributed by atoms with Gasteiger partial charge in [-0.25, -0.2) is 0 Å². The Labute approximate surface area is 116 Å². The van der Waals surface area contributed by atoms with E-state index in [9.17, 15) is 0 Å². The van der Waals surface area contributed by atoms with Crippen molar-refractivity contribution in [1.82, 2.24) is 9.78 Å². The number of hydrogen-bond acceptors (Lipinski definition) is 3. The second-order valence-corrected chi connectivity index (χ2v) is 4.82. The topological polar surface area (TPSA) is 76.9 Å². The molecule has 100 valence electrons. The van der Waals surface area contributed by atoms with Gasteiger partial charge in [0, 0.05) is 11.6 Å². The van der Waals surface area contributed by atoms with Crippen LogP contribution in [0.15, 0.2) is 30.6 Å². The van der Waals surface area contributed by atoms with E-state index >= 15 is 0 Å². The van der Waals surface area contributed by atoms with Gasteiger partial charge in [0.05, 0.1) is 17.4 Å². The molecule has 3 N–H and O–H groups in total. The van der Waals surface area contributed by atoms with Crippen molar-refractivity contribution in [3.05, 3.63) is 41.2 Å². The predicted octanol–water partition coefficient (Wildman–Crippen LogP) is 3.19. The predicted molar refractivity (Wildman–Crippen MR) is 75.2 cm³/mol. The lowest BCUT2D eigenvalue weighted by Gasteiger charge is -2.07. The van der Waals surface area contributed by atoms with Crippen molar-refractivity contribution >= 4 is 17.4 Å². The van der Waals surface area contributed by atoms with Crippen molar-refractivity contribution < 1.29 is 4.74 Å². The van der Waals surface area contributed by atoms with Crippen LogP contribution in [0.5, 0.6) is 11.5 Å². The summed E-state index contributed by atoms with van der Waals surface area (Å²) in [7, 11) is 0. The van der Waals surface area contributed by atoms with Crippen LogP contribution in [0.2, 0.25) is 5.02 Å². The van der Waals surface area contributed by atoms with E-state index in [1.54, 1.807) is 35.3 Å². The van der Waals surface area contributed by atoms with Crippen LogP contribution in [-0.4, -0.2) is 15.6 Å². The summed E-state index contributed by atoms with van der Waals surface area (Å²) >= 11 is 6.09. The van der Waals surface area contributed by atoms with E-state index in [2.05, 4.69) is 5.10 Å². The highest BCUT2D eigenvalue weighted by atomic mass is 35.5. The summed E-state index contributed by atoms with van der Waals surface area (Å²) in [6, 6.07) is 5.25. The monoisotopic (exact) mass is 278 g/mol. The summed E-state index contributed by atoms with van der Waals surface area (Å²) in [6.07, 6.45) is 3.44. The van der Waals surface area contributed by atoms with E-state index in [1.807, 2.05) is 13.8 Å². The third-order valence-electron chi connectivity index (χ3n) is 2.58. The Kier molecular flexibility index (Phi) is 3.76. The van der Waals surface area contributed by atoms with E-state index in [-0.39, 0.29) is 11.9 Å². The zero-order valence-corrected chi connectivity index (χ0v) is 11.5. The van der Waals surface area contributed by atoms with Crippen LogP contribution < -0.4 is 10.5 Å². The molecule has 1 aromatic carbocycles. The zero-order valence-electron chi connectivity index (χ0n) is 10.7. The smallest absolute Gasteiger partial charge is 0.165 e. The van der Waals surface area contributed by atoms with Crippen LogP contribution in [0, 0.1) is 5.41 Å². The number of hydrogen-bond donors (Lipinski definition) is 2. The summed E-state index contributed by atoms with van der Waals surface area (Å²) in [5, 5.41) is 11.9. The molecule has 2 aromatic rings. The van der Waals surface area contributed by atoms with Crippen LogP contribution >= 0.6 is 11.6 Å². The van der Waals surface area contributed by atoms with Crippen LogP contribution in [0.1, 0.15) is 25.5 Å². The molecular weight excluding hydrogens is 264 g/mol. The van der Waals surface area contributed by atoms with Crippen molar-refractivity contribution in [1.29, 1.82) is 5.41 Å². The molecule has 0 aliphatic carbocycles. The number of nitrogen functional groups attached to an aromatic ring is 1. The minimum Gasteiger partial charge on any atom is -0.452 e. The lowest BCUT2D eigenvalue weighted by molar-refractivity contribution is 0.477. The van der Waals surface area contributed by atoms with E-state index in [0.717, 1.165) is 0 Å². The Balaban J connectivity index is 2.20. The number of halogens is 1. The van der Waals surface area contributed by atoms with E-state index < -0.39 is 0 Å². The molecule has 1 aromatic heterocycles. The second-order valence-electron chi connectivity index (χ2n) is 4.41. The fraction of sp³-hybridized carbons (Fsp3) is 0.231. The Morgan fingerprint density at radius 1 is 1.47 bits per heavy atom. The van der Waals surface area contributed by atoms with Gasteiger partial charge in [-0.15, -0.1) is 0 Å². The van der Waals surface area contributed by atoms with Crippen LogP contribution in [0.4, 0.5) is 0 Å². The van der Waals surface area contributed by atoms with Gasteiger partial charge in [-0.2, -0.15) is 5.10 Å². The van der Waals surface area contributed by atoms with Crippen molar-refractivity contribution in [2.75, 3.05) is 0 Å². The first kappa shape index (κ1) is 13.4. The van der Waals surface area contributed by atoms with Gasteiger partial charge in [-0.3, -0.25) is 10.1 Å². The number of nitrogens with two attached hydrogens (primary N) is 1. The number of aromatic nitrogens is 2. The largest absolute Gasteiger partial charge is 0.452 e. The molecule has 0 radical (unpaired) electrons. The highest BCUT2D eigenvalue weighted by molar-refractivity contribution is 6.32. The number of amidine groups is 1. The molecule has 2 rings (SSSR count). The molecule has 19 heavy (non-hydrogen) atoms. The standard InChI is InChI=1S/C13H15ClN4O/c1-8(2)18-7-10(6-17-18)19-12-4-3-9(13(15)16)5-11(12)14/h3-8H,1-2H3,(H3,15,16). The van der Waals surface area contributed by atoms with E-state index in [4.69, 9.17) is 27.5 Å². The molecule has 0 amide bonds. The summed E-state index contributed by atoms with van der Waals surface area (Å²) in [4.78, 5) is 0. The van der Waals surface area contributed by atoms with Crippen molar-refractivity contribution in [2.24, 2.45) is 5.73 Å². The van der Waals surface area contributed by atoms with Gasteiger partial charge in [0.15, 0.2) is 5.75 Å². The van der Waals surface area contributed by atoms with Crippen LogP contribution in [0.3, 0.4) is 0 Å². The molecule has 0 atom stereocenters. The number of nitrogens with zero attached hydrogens (tertiary/aromatic N) is 2.